The van der Waals surface area contributed by atoms with Gasteiger partial charge < -0.3 is 5.32 Å². The lowest BCUT2D eigenvalue weighted by atomic mass is 9.73. The summed E-state index contributed by atoms with van der Waals surface area (Å²) in [5.74, 6) is 1.89. The lowest BCUT2D eigenvalue weighted by Gasteiger charge is -2.40. The first kappa shape index (κ1) is 11.3. The molecule has 1 aliphatic carbocycles. The number of fused-ring (bicyclic) bond motifs is 1. The SMILES string of the molecule is c1ccc(CC2CCC3NCCCC3C2)cc1. The number of hydrogen-bond acceptors (Lipinski definition) is 1. The van der Waals surface area contributed by atoms with Gasteiger partial charge in [-0.2, -0.15) is 0 Å². The van der Waals surface area contributed by atoms with Crippen molar-refractivity contribution in [3.05, 3.63) is 35.9 Å². The van der Waals surface area contributed by atoms with Gasteiger partial charge in [0, 0.05) is 6.04 Å². The van der Waals surface area contributed by atoms with Crippen molar-refractivity contribution in [1.82, 2.24) is 5.32 Å². The third kappa shape index (κ3) is 2.71. The molecule has 0 spiro atoms. The van der Waals surface area contributed by atoms with E-state index in [-0.39, 0.29) is 0 Å². The molecule has 1 heteroatoms. The van der Waals surface area contributed by atoms with E-state index in [2.05, 4.69) is 35.6 Å². The van der Waals surface area contributed by atoms with E-state index < -0.39 is 0 Å². The summed E-state index contributed by atoms with van der Waals surface area (Å²) in [6, 6.07) is 11.9. The number of hydrogen-bond donors (Lipinski definition) is 1. The first-order chi connectivity index (χ1) is 8.42. The second-order valence-corrected chi connectivity index (χ2v) is 5.83. The van der Waals surface area contributed by atoms with Crippen molar-refractivity contribution in [2.75, 3.05) is 6.54 Å². The number of rotatable bonds is 2. The fourth-order valence-corrected chi connectivity index (χ4v) is 3.73. The van der Waals surface area contributed by atoms with Crippen LogP contribution in [0.15, 0.2) is 30.3 Å². The van der Waals surface area contributed by atoms with Crippen molar-refractivity contribution in [3.8, 4) is 0 Å². The van der Waals surface area contributed by atoms with Crippen LogP contribution in [0, 0.1) is 11.8 Å². The van der Waals surface area contributed by atoms with Gasteiger partial charge in [0.15, 0.2) is 0 Å². The van der Waals surface area contributed by atoms with Crippen LogP contribution < -0.4 is 5.32 Å². The van der Waals surface area contributed by atoms with E-state index in [0.717, 1.165) is 17.9 Å². The van der Waals surface area contributed by atoms with Crippen molar-refractivity contribution in [1.29, 1.82) is 0 Å². The zero-order valence-corrected chi connectivity index (χ0v) is 10.6. The molecule has 2 fully saturated rings. The van der Waals surface area contributed by atoms with Crippen molar-refractivity contribution in [3.63, 3.8) is 0 Å². The molecule has 0 radical (unpaired) electrons. The third-order valence-electron chi connectivity index (χ3n) is 4.62. The number of nitrogens with one attached hydrogen (secondary N) is 1. The normalized spacial score (nSPS) is 33.1. The lowest BCUT2D eigenvalue weighted by Crippen LogP contribution is -2.44. The molecular formula is C16H23N. The summed E-state index contributed by atoms with van der Waals surface area (Å²) in [6.45, 7) is 1.25. The Morgan fingerprint density at radius 3 is 2.82 bits per heavy atom. The summed E-state index contributed by atoms with van der Waals surface area (Å²) < 4.78 is 0. The minimum atomic E-state index is 0.843. The van der Waals surface area contributed by atoms with E-state index in [0.29, 0.717) is 0 Å². The molecule has 2 aliphatic rings. The van der Waals surface area contributed by atoms with Gasteiger partial charge in [0.05, 0.1) is 0 Å². The Hall–Kier alpha value is -0.820. The smallest absolute Gasteiger partial charge is 0.00955 e. The average Bonchev–Trinajstić information content (AvgIpc) is 2.40. The molecule has 1 saturated heterocycles. The first-order valence-electron chi connectivity index (χ1n) is 7.19. The van der Waals surface area contributed by atoms with E-state index in [1.165, 1.54) is 50.6 Å². The molecule has 3 atom stereocenters. The Morgan fingerprint density at radius 1 is 1.06 bits per heavy atom. The van der Waals surface area contributed by atoms with Crippen molar-refractivity contribution in [2.45, 2.75) is 44.6 Å². The molecule has 1 N–H and O–H groups in total. The van der Waals surface area contributed by atoms with Crippen LogP contribution in [0.2, 0.25) is 0 Å². The van der Waals surface area contributed by atoms with Crippen LogP contribution in [0.1, 0.15) is 37.7 Å². The lowest BCUT2D eigenvalue weighted by molar-refractivity contribution is 0.165. The van der Waals surface area contributed by atoms with E-state index in [1.54, 1.807) is 0 Å². The average molecular weight is 229 g/mol. The van der Waals surface area contributed by atoms with Crippen LogP contribution in [0.3, 0.4) is 0 Å². The third-order valence-corrected chi connectivity index (χ3v) is 4.62. The quantitative estimate of drug-likeness (QED) is 0.819. The van der Waals surface area contributed by atoms with Gasteiger partial charge in [-0.1, -0.05) is 30.3 Å². The van der Waals surface area contributed by atoms with E-state index in [1.807, 2.05) is 0 Å². The molecular weight excluding hydrogens is 206 g/mol. The highest BCUT2D eigenvalue weighted by molar-refractivity contribution is 5.15. The Labute approximate surface area is 105 Å². The highest BCUT2D eigenvalue weighted by Gasteiger charge is 2.31. The summed E-state index contributed by atoms with van der Waals surface area (Å²) in [5, 5.41) is 3.71. The van der Waals surface area contributed by atoms with Gasteiger partial charge in [-0.05, 0) is 62.5 Å². The van der Waals surface area contributed by atoms with Gasteiger partial charge in [-0.3, -0.25) is 0 Å². The maximum atomic E-state index is 3.71. The fourth-order valence-electron chi connectivity index (χ4n) is 3.73. The first-order valence-corrected chi connectivity index (χ1v) is 7.19. The summed E-state index contributed by atoms with van der Waals surface area (Å²) in [6.07, 6.45) is 8.42. The predicted octanol–water partition coefficient (Wildman–Crippen LogP) is 3.40. The van der Waals surface area contributed by atoms with Gasteiger partial charge in [0.2, 0.25) is 0 Å². The molecule has 1 aliphatic heterocycles. The highest BCUT2D eigenvalue weighted by atomic mass is 14.9. The van der Waals surface area contributed by atoms with Crippen molar-refractivity contribution in [2.24, 2.45) is 11.8 Å². The highest BCUT2D eigenvalue weighted by Crippen LogP contribution is 2.35. The van der Waals surface area contributed by atoms with Gasteiger partial charge >= 0.3 is 0 Å². The van der Waals surface area contributed by atoms with Crippen LogP contribution in [0.4, 0.5) is 0 Å². The Balaban J connectivity index is 1.59. The molecule has 3 unspecified atom stereocenters. The fraction of sp³-hybridized carbons (Fsp3) is 0.625. The second-order valence-electron chi connectivity index (χ2n) is 5.83. The molecule has 1 saturated carbocycles. The summed E-state index contributed by atoms with van der Waals surface area (Å²) in [4.78, 5) is 0. The number of benzene rings is 1. The zero-order valence-electron chi connectivity index (χ0n) is 10.6. The molecule has 0 amide bonds. The predicted molar refractivity (Wildman–Crippen MR) is 72.0 cm³/mol. The second kappa shape index (κ2) is 5.22. The topological polar surface area (TPSA) is 12.0 Å². The van der Waals surface area contributed by atoms with Crippen molar-refractivity contribution >= 4 is 0 Å². The van der Waals surface area contributed by atoms with E-state index in [9.17, 15) is 0 Å². The van der Waals surface area contributed by atoms with Crippen LogP contribution in [-0.4, -0.2) is 12.6 Å². The van der Waals surface area contributed by atoms with Crippen LogP contribution >= 0.6 is 0 Å². The maximum Gasteiger partial charge on any atom is 0.00955 e. The molecule has 1 aromatic rings. The van der Waals surface area contributed by atoms with Crippen LogP contribution in [-0.2, 0) is 6.42 Å². The summed E-state index contributed by atoms with van der Waals surface area (Å²) in [7, 11) is 0. The van der Waals surface area contributed by atoms with Crippen LogP contribution in [0.25, 0.3) is 0 Å². The van der Waals surface area contributed by atoms with Crippen molar-refractivity contribution < 1.29 is 0 Å². The number of piperidine rings is 1. The molecule has 1 aromatic carbocycles. The Bertz CT molecular complexity index is 346. The molecule has 0 aromatic heterocycles. The molecule has 1 heterocycles. The summed E-state index contributed by atoms with van der Waals surface area (Å²) >= 11 is 0. The molecule has 0 bridgehead atoms. The summed E-state index contributed by atoms with van der Waals surface area (Å²) in [5.41, 5.74) is 1.53. The minimum absolute atomic E-state index is 0.843. The largest absolute Gasteiger partial charge is 0.314 e. The molecule has 3 rings (SSSR count). The van der Waals surface area contributed by atoms with E-state index in [4.69, 9.17) is 0 Å². The molecule has 92 valence electrons. The minimum Gasteiger partial charge on any atom is -0.314 e. The van der Waals surface area contributed by atoms with Gasteiger partial charge in [-0.25, -0.2) is 0 Å². The van der Waals surface area contributed by atoms with Gasteiger partial charge in [-0.15, -0.1) is 0 Å². The monoisotopic (exact) mass is 229 g/mol. The molecule has 17 heavy (non-hydrogen) atoms. The van der Waals surface area contributed by atoms with Gasteiger partial charge in [0.25, 0.3) is 0 Å². The standard InChI is InChI=1S/C16H23N/c1-2-5-13(6-3-1)11-14-8-9-16-15(12-14)7-4-10-17-16/h1-3,5-6,14-17H,4,7-12H2. The van der Waals surface area contributed by atoms with Gasteiger partial charge in [0.1, 0.15) is 0 Å². The van der Waals surface area contributed by atoms with Crippen LogP contribution in [0.5, 0.6) is 0 Å². The maximum absolute atomic E-state index is 3.71. The molecule has 1 nitrogen and oxygen atoms in total. The van der Waals surface area contributed by atoms with E-state index >= 15 is 0 Å². The Morgan fingerprint density at radius 2 is 1.94 bits per heavy atom. The zero-order chi connectivity index (χ0) is 11.5. The Kier molecular flexibility index (Phi) is 3.46.